The van der Waals surface area contributed by atoms with Crippen LogP contribution < -0.4 is 16.0 Å². The molecule has 2 fully saturated rings. The number of carbonyl (C=O) groups excluding carboxylic acids is 2. The Hall–Kier alpha value is -1.92. The normalized spacial score (nSPS) is 24.2. The molecule has 3 rings (SSSR count). The molecule has 2 amide bonds. The van der Waals surface area contributed by atoms with E-state index in [-0.39, 0.29) is 17.9 Å². The van der Waals surface area contributed by atoms with Gasteiger partial charge in [-0.1, -0.05) is 12.1 Å². The SMILES string of the molecule is NC[C@H]1CC[C@@H](C(=O)NCc2cccc(N3CCCC3=O)c2)O1. The number of anilines is 1. The summed E-state index contributed by atoms with van der Waals surface area (Å²) < 4.78 is 5.59. The van der Waals surface area contributed by atoms with Crippen LogP contribution in [-0.2, 0) is 20.9 Å². The van der Waals surface area contributed by atoms with E-state index in [1.807, 2.05) is 24.3 Å². The topological polar surface area (TPSA) is 84.7 Å². The van der Waals surface area contributed by atoms with Crippen LogP contribution in [0.25, 0.3) is 0 Å². The van der Waals surface area contributed by atoms with Gasteiger partial charge in [0.1, 0.15) is 6.10 Å². The summed E-state index contributed by atoms with van der Waals surface area (Å²) in [7, 11) is 0. The third kappa shape index (κ3) is 3.71. The minimum atomic E-state index is -0.396. The van der Waals surface area contributed by atoms with Crippen molar-refractivity contribution in [2.75, 3.05) is 18.0 Å². The number of nitrogens with zero attached hydrogens (tertiary/aromatic N) is 1. The van der Waals surface area contributed by atoms with Gasteiger partial charge in [-0.05, 0) is 37.0 Å². The Labute approximate surface area is 136 Å². The molecule has 0 aliphatic carbocycles. The minimum Gasteiger partial charge on any atom is -0.364 e. The molecule has 0 aromatic heterocycles. The molecule has 2 aliphatic rings. The van der Waals surface area contributed by atoms with Crippen molar-refractivity contribution in [2.24, 2.45) is 5.73 Å². The maximum absolute atomic E-state index is 12.1. The molecule has 0 unspecified atom stereocenters. The van der Waals surface area contributed by atoms with E-state index in [1.54, 1.807) is 4.90 Å². The molecule has 0 saturated carbocycles. The number of nitrogens with one attached hydrogen (secondary N) is 1. The van der Waals surface area contributed by atoms with E-state index in [9.17, 15) is 9.59 Å². The standard InChI is InChI=1S/C17H23N3O3/c18-10-14-6-7-15(23-14)17(22)19-11-12-3-1-4-13(9-12)20-8-2-5-16(20)21/h1,3-4,9,14-15H,2,5-8,10-11,18H2,(H,19,22)/t14-,15+/m1/s1. The molecule has 1 aromatic rings. The molecule has 6 heteroatoms. The minimum absolute atomic E-state index is 0.00439. The fraction of sp³-hybridized carbons (Fsp3) is 0.529. The van der Waals surface area contributed by atoms with Crippen molar-refractivity contribution in [3.63, 3.8) is 0 Å². The largest absolute Gasteiger partial charge is 0.364 e. The van der Waals surface area contributed by atoms with Gasteiger partial charge in [0.15, 0.2) is 0 Å². The number of benzene rings is 1. The Bertz CT molecular complexity index is 590. The van der Waals surface area contributed by atoms with Crippen LogP contribution in [0.1, 0.15) is 31.2 Å². The first-order chi connectivity index (χ1) is 11.2. The molecule has 0 spiro atoms. The van der Waals surface area contributed by atoms with E-state index in [1.165, 1.54) is 0 Å². The molecule has 2 heterocycles. The van der Waals surface area contributed by atoms with Gasteiger partial charge < -0.3 is 20.7 Å². The summed E-state index contributed by atoms with van der Waals surface area (Å²) in [6.45, 7) is 1.66. The Morgan fingerprint density at radius 2 is 2.26 bits per heavy atom. The number of carbonyl (C=O) groups is 2. The molecule has 2 atom stereocenters. The highest BCUT2D eigenvalue weighted by Gasteiger charge is 2.29. The van der Waals surface area contributed by atoms with Crippen LogP contribution in [0, 0.1) is 0 Å². The second-order valence-corrected chi connectivity index (χ2v) is 6.10. The van der Waals surface area contributed by atoms with Gasteiger partial charge in [-0.15, -0.1) is 0 Å². The molecule has 2 aliphatic heterocycles. The van der Waals surface area contributed by atoms with Crippen molar-refractivity contribution in [1.29, 1.82) is 0 Å². The van der Waals surface area contributed by atoms with Crippen molar-refractivity contribution in [3.05, 3.63) is 29.8 Å². The van der Waals surface area contributed by atoms with E-state index in [4.69, 9.17) is 10.5 Å². The number of rotatable bonds is 5. The van der Waals surface area contributed by atoms with Gasteiger partial charge in [-0.25, -0.2) is 0 Å². The first-order valence-corrected chi connectivity index (χ1v) is 8.20. The van der Waals surface area contributed by atoms with Crippen molar-refractivity contribution in [1.82, 2.24) is 5.32 Å². The molecule has 2 saturated heterocycles. The van der Waals surface area contributed by atoms with Gasteiger partial charge in [-0.3, -0.25) is 9.59 Å². The van der Waals surface area contributed by atoms with Crippen molar-refractivity contribution in [2.45, 2.75) is 44.4 Å². The molecule has 3 N–H and O–H groups in total. The van der Waals surface area contributed by atoms with E-state index in [0.29, 0.717) is 19.5 Å². The molecule has 6 nitrogen and oxygen atoms in total. The maximum atomic E-state index is 12.1. The van der Waals surface area contributed by atoms with Crippen LogP contribution >= 0.6 is 0 Å². The van der Waals surface area contributed by atoms with Crippen molar-refractivity contribution >= 4 is 17.5 Å². The van der Waals surface area contributed by atoms with Crippen LogP contribution in [0.4, 0.5) is 5.69 Å². The molecule has 1 aromatic carbocycles. The summed E-state index contributed by atoms with van der Waals surface area (Å²) in [6, 6.07) is 7.75. The Balaban J connectivity index is 1.56. The number of ether oxygens (including phenoxy) is 1. The van der Waals surface area contributed by atoms with Gasteiger partial charge in [0, 0.05) is 31.7 Å². The lowest BCUT2D eigenvalue weighted by Crippen LogP contribution is -2.35. The first kappa shape index (κ1) is 16.0. The predicted molar refractivity (Wildman–Crippen MR) is 86.8 cm³/mol. The monoisotopic (exact) mass is 317 g/mol. The highest BCUT2D eigenvalue weighted by Crippen LogP contribution is 2.22. The molecule has 23 heavy (non-hydrogen) atoms. The number of amides is 2. The third-order valence-corrected chi connectivity index (χ3v) is 4.43. The lowest BCUT2D eigenvalue weighted by molar-refractivity contribution is -0.132. The van der Waals surface area contributed by atoms with Crippen LogP contribution in [0.15, 0.2) is 24.3 Å². The van der Waals surface area contributed by atoms with Crippen LogP contribution in [0.3, 0.4) is 0 Å². The zero-order valence-corrected chi connectivity index (χ0v) is 13.2. The lowest BCUT2D eigenvalue weighted by atomic mass is 10.1. The van der Waals surface area contributed by atoms with Crippen LogP contribution in [-0.4, -0.2) is 37.1 Å². The van der Waals surface area contributed by atoms with Gasteiger partial charge in [-0.2, -0.15) is 0 Å². The predicted octanol–water partition coefficient (Wildman–Crippen LogP) is 0.936. The summed E-state index contributed by atoms with van der Waals surface area (Å²) >= 11 is 0. The van der Waals surface area contributed by atoms with Gasteiger partial charge >= 0.3 is 0 Å². The molecular weight excluding hydrogens is 294 g/mol. The van der Waals surface area contributed by atoms with Gasteiger partial charge in [0.25, 0.3) is 0 Å². The summed E-state index contributed by atoms with van der Waals surface area (Å²) in [5.74, 6) is 0.0713. The summed E-state index contributed by atoms with van der Waals surface area (Å²) in [6.07, 6.45) is 2.67. The van der Waals surface area contributed by atoms with E-state index in [0.717, 1.165) is 37.1 Å². The summed E-state index contributed by atoms with van der Waals surface area (Å²) in [4.78, 5) is 25.7. The highest BCUT2D eigenvalue weighted by atomic mass is 16.5. The molecular formula is C17H23N3O3. The zero-order valence-electron chi connectivity index (χ0n) is 13.2. The average Bonchev–Trinajstić information content (AvgIpc) is 3.21. The molecule has 0 radical (unpaired) electrons. The van der Waals surface area contributed by atoms with Crippen molar-refractivity contribution in [3.8, 4) is 0 Å². The quantitative estimate of drug-likeness (QED) is 0.846. The first-order valence-electron chi connectivity index (χ1n) is 8.20. The lowest BCUT2D eigenvalue weighted by Gasteiger charge is -2.17. The van der Waals surface area contributed by atoms with Crippen LogP contribution in [0.2, 0.25) is 0 Å². The average molecular weight is 317 g/mol. The number of hydrogen-bond acceptors (Lipinski definition) is 4. The Morgan fingerprint density at radius 3 is 2.96 bits per heavy atom. The molecule has 0 bridgehead atoms. The van der Waals surface area contributed by atoms with Gasteiger partial charge in [0.2, 0.25) is 11.8 Å². The number of hydrogen-bond donors (Lipinski definition) is 2. The van der Waals surface area contributed by atoms with E-state index in [2.05, 4.69) is 5.32 Å². The second-order valence-electron chi connectivity index (χ2n) is 6.10. The van der Waals surface area contributed by atoms with Crippen LogP contribution in [0.5, 0.6) is 0 Å². The van der Waals surface area contributed by atoms with Crippen molar-refractivity contribution < 1.29 is 14.3 Å². The fourth-order valence-electron chi connectivity index (χ4n) is 3.13. The second kappa shape index (κ2) is 7.10. The number of nitrogens with two attached hydrogens (primary N) is 1. The smallest absolute Gasteiger partial charge is 0.249 e. The van der Waals surface area contributed by atoms with Gasteiger partial charge in [0.05, 0.1) is 6.10 Å². The Kier molecular flexibility index (Phi) is 4.93. The van der Waals surface area contributed by atoms with E-state index < -0.39 is 6.10 Å². The summed E-state index contributed by atoms with van der Waals surface area (Å²) in [5, 5.41) is 2.91. The highest BCUT2D eigenvalue weighted by molar-refractivity contribution is 5.95. The van der Waals surface area contributed by atoms with E-state index >= 15 is 0 Å². The maximum Gasteiger partial charge on any atom is 0.249 e. The zero-order chi connectivity index (χ0) is 16.2. The summed E-state index contributed by atoms with van der Waals surface area (Å²) in [5.41, 5.74) is 7.44. The third-order valence-electron chi connectivity index (χ3n) is 4.43. The molecule has 124 valence electrons. The fourth-order valence-corrected chi connectivity index (χ4v) is 3.13. The Morgan fingerprint density at radius 1 is 1.39 bits per heavy atom.